The van der Waals surface area contributed by atoms with E-state index in [1.165, 1.54) is 38.5 Å². The van der Waals surface area contributed by atoms with Gasteiger partial charge < -0.3 is 0 Å². The Balaban J connectivity index is 1.59. The minimum Gasteiger partial charge on any atom is -0.273 e. The van der Waals surface area contributed by atoms with Gasteiger partial charge in [0.05, 0.1) is 12.4 Å². The largest absolute Gasteiger partial charge is 0.273 e. The van der Waals surface area contributed by atoms with Crippen LogP contribution < -0.4 is 10.9 Å². The Bertz CT molecular complexity index is 1110. The van der Waals surface area contributed by atoms with E-state index in [9.17, 15) is 9.59 Å². The molecule has 0 fully saturated rings. The highest BCUT2D eigenvalue weighted by Gasteiger charge is 2.03. The molecule has 2 N–H and O–H groups in total. The van der Waals surface area contributed by atoms with Crippen LogP contribution in [0.25, 0.3) is 12.2 Å². The lowest BCUT2D eigenvalue weighted by atomic mass is 10.0. The van der Waals surface area contributed by atoms with Crippen molar-refractivity contribution >= 4 is 36.4 Å². The van der Waals surface area contributed by atoms with Gasteiger partial charge in [0.25, 0.3) is 0 Å². The van der Waals surface area contributed by atoms with Crippen LogP contribution in [0.15, 0.2) is 82.0 Å². The van der Waals surface area contributed by atoms with E-state index in [1.54, 1.807) is 12.4 Å². The van der Waals surface area contributed by atoms with Gasteiger partial charge in [-0.05, 0) is 60.8 Å². The first-order valence-electron chi connectivity index (χ1n) is 17.8. The molecule has 0 saturated heterocycles. The van der Waals surface area contributed by atoms with Crippen molar-refractivity contribution in [2.24, 2.45) is 10.2 Å². The van der Waals surface area contributed by atoms with Crippen molar-refractivity contribution in [3.8, 4) is 0 Å². The monoisotopic (exact) mass is 626 g/mol. The molecule has 2 rings (SSSR count). The molecule has 0 aliphatic heterocycles. The van der Waals surface area contributed by atoms with Crippen molar-refractivity contribution in [3.63, 3.8) is 0 Å². The van der Waals surface area contributed by atoms with Gasteiger partial charge in [0.2, 0.25) is 11.8 Å². The van der Waals surface area contributed by atoms with Gasteiger partial charge in [0.1, 0.15) is 0 Å². The summed E-state index contributed by atoms with van der Waals surface area (Å²) >= 11 is 0. The van der Waals surface area contributed by atoms with E-state index in [0.29, 0.717) is 12.8 Å². The molecular formula is C40H58N4O2. The molecule has 0 aromatic heterocycles. The van der Waals surface area contributed by atoms with Gasteiger partial charge in [0.15, 0.2) is 0 Å². The number of hydrazone groups is 2. The van der Waals surface area contributed by atoms with Crippen LogP contribution in [0.2, 0.25) is 0 Å². The number of amides is 2. The zero-order valence-corrected chi connectivity index (χ0v) is 28.5. The Morgan fingerprint density at radius 1 is 0.500 bits per heavy atom. The molecule has 0 unspecified atom stereocenters. The SMILES string of the molecule is CCCCCCC(/C=N\NC(=O)CCCCCCCCC(=O)N/N=C\C(=C\c1ccccc1)CCCCCC)=C/c1ccccc1. The smallest absolute Gasteiger partial charge is 0.240 e. The summed E-state index contributed by atoms with van der Waals surface area (Å²) in [6, 6.07) is 20.5. The summed E-state index contributed by atoms with van der Waals surface area (Å²) in [5.74, 6) is -0.0810. The van der Waals surface area contributed by atoms with Crippen LogP contribution in [0.5, 0.6) is 0 Å². The second kappa shape index (κ2) is 26.4. The zero-order chi connectivity index (χ0) is 32.9. The second-order valence-electron chi connectivity index (χ2n) is 12.1. The van der Waals surface area contributed by atoms with Crippen LogP contribution >= 0.6 is 0 Å². The summed E-state index contributed by atoms with van der Waals surface area (Å²) in [7, 11) is 0. The summed E-state index contributed by atoms with van der Waals surface area (Å²) in [4.78, 5) is 24.6. The maximum absolute atomic E-state index is 12.3. The highest BCUT2D eigenvalue weighted by atomic mass is 16.2. The Labute approximate surface area is 278 Å². The Kier molecular flexibility index (Phi) is 22.0. The van der Waals surface area contributed by atoms with E-state index in [-0.39, 0.29) is 11.8 Å². The topological polar surface area (TPSA) is 82.9 Å². The fourth-order valence-electron chi connectivity index (χ4n) is 5.15. The quantitative estimate of drug-likeness (QED) is 0.0653. The lowest BCUT2D eigenvalue weighted by Crippen LogP contribution is -2.17. The first-order chi connectivity index (χ1) is 22.6. The predicted octanol–water partition coefficient (Wildman–Crippen LogP) is 10.4. The molecule has 6 nitrogen and oxygen atoms in total. The third-order valence-electron chi connectivity index (χ3n) is 7.84. The fraction of sp³-hybridized carbons (Fsp3) is 0.500. The van der Waals surface area contributed by atoms with E-state index in [4.69, 9.17) is 0 Å². The molecule has 6 heteroatoms. The molecule has 0 aliphatic rings. The third kappa shape index (κ3) is 20.3. The Morgan fingerprint density at radius 3 is 1.24 bits per heavy atom. The third-order valence-corrected chi connectivity index (χ3v) is 7.84. The number of unbranched alkanes of at least 4 members (excludes halogenated alkanes) is 11. The molecule has 0 aliphatic carbocycles. The molecule has 2 aromatic rings. The second-order valence-corrected chi connectivity index (χ2v) is 12.1. The van der Waals surface area contributed by atoms with E-state index in [0.717, 1.165) is 86.5 Å². The lowest BCUT2D eigenvalue weighted by molar-refractivity contribution is -0.122. The predicted molar refractivity (Wildman–Crippen MR) is 197 cm³/mol. The minimum absolute atomic E-state index is 0.0405. The Hall–Kier alpha value is -3.80. The summed E-state index contributed by atoms with van der Waals surface area (Å²) < 4.78 is 0. The Morgan fingerprint density at radius 2 is 0.848 bits per heavy atom. The molecule has 2 aromatic carbocycles. The average Bonchev–Trinajstić information content (AvgIpc) is 3.07. The number of allylic oxidation sites excluding steroid dienone is 2. The highest BCUT2D eigenvalue weighted by Crippen LogP contribution is 2.15. The number of rotatable bonds is 25. The maximum Gasteiger partial charge on any atom is 0.240 e. The van der Waals surface area contributed by atoms with Gasteiger partial charge in [-0.2, -0.15) is 10.2 Å². The van der Waals surface area contributed by atoms with Gasteiger partial charge in [0, 0.05) is 12.8 Å². The number of hydrogen-bond acceptors (Lipinski definition) is 4. The average molecular weight is 627 g/mol. The zero-order valence-electron chi connectivity index (χ0n) is 28.5. The molecule has 250 valence electrons. The van der Waals surface area contributed by atoms with Crippen molar-refractivity contribution in [2.75, 3.05) is 0 Å². The van der Waals surface area contributed by atoms with Crippen molar-refractivity contribution < 1.29 is 9.59 Å². The molecule has 0 bridgehead atoms. The van der Waals surface area contributed by atoms with Crippen molar-refractivity contribution in [3.05, 3.63) is 82.9 Å². The summed E-state index contributed by atoms with van der Waals surface area (Å²) in [5, 5.41) is 8.50. The van der Waals surface area contributed by atoms with Gasteiger partial charge in [-0.1, -0.05) is 151 Å². The fourth-order valence-corrected chi connectivity index (χ4v) is 5.15. The van der Waals surface area contributed by atoms with Crippen LogP contribution in [-0.2, 0) is 9.59 Å². The molecule has 0 atom stereocenters. The highest BCUT2D eigenvalue weighted by molar-refractivity contribution is 5.87. The summed E-state index contributed by atoms with van der Waals surface area (Å²) in [5.41, 5.74) is 9.96. The maximum atomic E-state index is 12.3. The van der Waals surface area contributed by atoms with Gasteiger partial charge in [-0.3, -0.25) is 9.59 Å². The standard InChI is InChI=1S/C40H58N4O2/c1-3-5-7-15-27-37(31-35-23-17-13-18-24-35)33-41-43-39(45)29-21-11-9-10-12-22-30-40(46)44-42-34-38(28-16-8-6-4-2)32-36-25-19-14-20-26-36/h13-14,17-20,23-26,31-34H,3-12,15-16,21-22,27-30H2,1-2H3,(H,43,45)(H,44,46)/b37-31-,38-32+,41-33-,42-34-. The minimum atomic E-state index is -0.0405. The normalized spacial score (nSPS) is 12.2. The van der Waals surface area contributed by atoms with Gasteiger partial charge in [-0.25, -0.2) is 10.9 Å². The van der Waals surface area contributed by atoms with Crippen molar-refractivity contribution in [1.29, 1.82) is 0 Å². The van der Waals surface area contributed by atoms with Gasteiger partial charge >= 0.3 is 0 Å². The number of nitrogens with zero attached hydrogens (tertiary/aromatic N) is 2. The molecule has 0 radical (unpaired) electrons. The van der Waals surface area contributed by atoms with Crippen LogP contribution in [0.1, 0.15) is 141 Å². The lowest BCUT2D eigenvalue weighted by Gasteiger charge is -2.05. The summed E-state index contributed by atoms with van der Waals surface area (Å²) in [6.45, 7) is 4.43. The first-order valence-corrected chi connectivity index (χ1v) is 17.8. The van der Waals surface area contributed by atoms with Crippen LogP contribution in [0.4, 0.5) is 0 Å². The molecule has 2 amide bonds. The van der Waals surface area contributed by atoms with E-state index >= 15 is 0 Å². The van der Waals surface area contributed by atoms with E-state index in [1.807, 2.05) is 36.4 Å². The molecule has 0 saturated carbocycles. The van der Waals surface area contributed by atoms with Crippen LogP contribution in [-0.4, -0.2) is 24.2 Å². The van der Waals surface area contributed by atoms with Gasteiger partial charge in [-0.15, -0.1) is 0 Å². The summed E-state index contributed by atoms with van der Waals surface area (Å²) in [6.07, 6.45) is 26.1. The molecular weight excluding hydrogens is 568 g/mol. The number of benzene rings is 2. The molecule has 0 spiro atoms. The van der Waals surface area contributed by atoms with E-state index < -0.39 is 0 Å². The van der Waals surface area contributed by atoms with E-state index in [2.05, 4.69) is 71.3 Å². The number of carbonyl (C=O) groups excluding carboxylic acids is 2. The number of nitrogens with one attached hydrogen (secondary N) is 2. The molecule has 0 heterocycles. The first kappa shape index (κ1) is 38.4. The number of hydrogen-bond donors (Lipinski definition) is 2. The van der Waals surface area contributed by atoms with Crippen molar-refractivity contribution in [1.82, 2.24) is 10.9 Å². The van der Waals surface area contributed by atoms with Crippen LogP contribution in [0.3, 0.4) is 0 Å². The molecule has 46 heavy (non-hydrogen) atoms. The number of carbonyl (C=O) groups is 2. The van der Waals surface area contributed by atoms with Crippen LogP contribution in [0, 0.1) is 0 Å². The van der Waals surface area contributed by atoms with Crippen molar-refractivity contribution in [2.45, 2.75) is 129 Å².